The van der Waals surface area contributed by atoms with Gasteiger partial charge in [0.15, 0.2) is 0 Å². The first-order chi connectivity index (χ1) is 7.38. The molecule has 0 aliphatic carbocycles. The zero-order valence-corrected chi connectivity index (χ0v) is 11.9. The maximum atomic E-state index is 5.51. The molecule has 0 saturated carbocycles. The van der Waals surface area contributed by atoms with Crippen molar-refractivity contribution in [2.24, 2.45) is 11.3 Å². The fourth-order valence-electron chi connectivity index (χ4n) is 2.36. The summed E-state index contributed by atoms with van der Waals surface area (Å²) in [7, 11) is 0. The number of hydrogen-bond acceptors (Lipinski definition) is 2. The van der Waals surface area contributed by atoms with Crippen LogP contribution in [-0.2, 0) is 4.74 Å². The van der Waals surface area contributed by atoms with E-state index in [-0.39, 0.29) is 0 Å². The lowest BCUT2D eigenvalue weighted by molar-refractivity contribution is 0.0677. The second kappa shape index (κ2) is 5.97. The van der Waals surface area contributed by atoms with Crippen LogP contribution in [0.3, 0.4) is 0 Å². The molecule has 0 amide bonds. The molecule has 1 heterocycles. The molecule has 0 aromatic carbocycles. The normalized spacial score (nSPS) is 19.6. The van der Waals surface area contributed by atoms with E-state index < -0.39 is 0 Å². The summed E-state index contributed by atoms with van der Waals surface area (Å²) >= 11 is 5.51. The number of hydrogen-bond donors (Lipinski definition) is 0. The second-order valence-electron chi connectivity index (χ2n) is 6.07. The van der Waals surface area contributed by atoms with Crippen molar-refractivity contribution in [3.63, 3.8) is 0 Å². The maximum Gasteiger partial charge on any atom is 0.0783 e. The van der Waals surface area contributed by atoms with E-state index in [1.165, 1.54) is 6.42 Å². The summed E-state index contributed by atoms with van der Waals surface area (Å²) in [5.74, 6) is 0.676. The van der Waals surface area contributed by atoms with E-state index in [4.69, 9.17) is 17.0 Å². The van der Waals surface area contributed by atoms with Crippen LogP contribution >= 0.6 is 12.2 Å². The number of morpholine rings is 1. The van der Waals surface area contributed by atoms with E-state index in [9.17, 15) is 0 Å². The average molecular weight is 243 g/mol. The van der Waals surface area contributed by atoms with Gasteiger partial charge < -0.3 is 9.64 Å². The quantitative estimate of drug-likeness (QED) is 0.707. The number of ether oxygens (including phenoxy) is 1. The molecule has 0 spiro atoms. The molecule has 1 fully saturated rings. The summed E-state index contributed by atoms with van der Waals surface area (Å²) in [6.45, 7) is 12.8. The summed E-state index contributed by atoms with van der Waals surface area (Å²) in [4.78, 5) is 3.43. The Hall–Kier alpha value is -0.150. The minimum absolute atomic E-state index is 0.403. The summed E-state index contributed by atoms with van der Waals surface area (Å²) < 4.78 is 5.33. The van der Waals surface area contributed by atoms with Crippen molar-refractivity contribution in [3.05, 3.63) is 0 Å². The van der Waals surface area contributed by atoms with E-state index >= 15 is 0 Å². The standard InChI is InChI=1S/C13H25NOS/c1-11(10-13(2,3)4)9-12(16)14-5-7-15-8-6-14/h11H,5-10H2,1-4H3. The lowest BCUT2D eigenvalue weighted by Gasteiger charge is -2.31. The van der Waals surface area contributed by atoms with Gasteiger partial charge in [0, 0.05) is 19.5 Å². The summed E-state index contributed by atoms with van der Waals surface area (Å²) in [5.41, 5.74) is 0.403. The van der Waals surface area contributed by atoms with Crippen LogP contribution < -0.4 is 0 Å². The fraction of sp³-hybridized carbons (Fsp3) is 0.923. The van der Waals surface area contributed by atoms with Gasteiger partial charge in [-0.2, -0.15) is 0 Å². The smallest absolute Gasteiger partial charge is 0.0783 e. The lowest BCUT2D eigenvalue weighted by Crippen LogP contribution is -2.40. The molecule has 0 bridgehead atoms. The number of nitrogens with zero attached hydrogens (tertiary/aromatic N) is 1. The van der Waals surface area contributed by atoms with Crippen molar-refractivity contribution in [1.29, 1.82) is 0 Å². The molecule has 94 valence electrons. The van der Waals surface area contributed by atoms with Gasteiger partial charge in [0.25, 0.3) is 0 Å². The van der Waals surface area contributed by atoms with Crippen LogP contribution in [0.2, 0.25) is 0 Å². The molecule has 1 saturated heterocycles. The largest absolute Gasteiger partial charge is 0.378 e. The van der Waals surface area contributed by atoms with E-state index in [1.54, 1.807) is 0 Å². The Morgan fingerprint density at radius 2 is 1.88 bits per heavy atom. The van der Waals surface area contributed by atoms with Gasteiger partial charge >= 0.3 is 0 Å². The van der Waals surface area contributed by atoms with Crippen LogP contribution in [-0.4, -0.2) is 36.2 Å². The number of rotatable bonds is 3. The maximum absolute atomic E-state index is 5.51. The first-order valence-corrected chi connectivity index (χ1v) is 6.65. The van der Waals surface area contributed by atoms with Crippen LogP contribution in [0.25, 0.3) is 0 Å². The van der Waals surface area contributed by atoms with Crippen LogP contribution in [0.4, 0.5) is 0 Å². The Morgan fingerprint density at radius 3 is 2.38 bits per heavy atom. The Balaban J connectivity index is 2.32. The van der Waals surface area contributed by atoms with Gasteiger partial charge in [-0.15, -0.1) is 0 Å². The highest BCUT2D eigenvalue weighted by Crippen LogP contribution is 2.26. The predicted molar refractivity (Wildman–Crippen MR) is 72.8 cm³/mol. The Morgan fingerprint density at radius 1 is 1.31 bits per heavy atom. The van der Waals surface area contributed by atoms with Crippen LogP contribution in [0.5, 0.6) is 0 Å². The van der Waals surface area contributed by atoms with E-state index in [0.717, 1.165) is 37.7 Å². The molecule has 1 aliphatic rings. The highest BCUT2D eigenvalue weighted by molar-refractivity contribution is 7.80. The van der Waals surface area contributed by atoms with Crippen molar-refractivity contribution in [3.8, 4) is 0 Å². The van der Waals surface area contributed by atoms with Crippen molar-refractivity contribution >= 4 is 17.2 Å². The van der Waals surface area contributed by atoms with E-state index in [1.807, 2.05) is 0 Å². The first-order valence-electron chi connectivity index (χ1n) is 6.24. The molecule has 16 heavy (non-hydrogen) atoms. The third kappa shape index (κ3) is 5.26. The van der Waals surface area contributed by atoms with Crippen LogP contribution in [0.15, 0.2) is 0 Å². The average Bonchev–Trinajstić information content (AvgIpc) is 2.16. The molecule has 1 atom stereocenters. The SMILES string of the molecule is CC(CC(=S)N1CCOCC1)CC(C)(C)C. The van der Waals surface area contributed by atoms with E-state index in [2.05, 4.69) is 32.6 Å². The van der Waals surface area contributed by atoms with Crippen molar-refractivity contribution < 1.29 is 4.74 Å². The highest BCUT2D eigenvalue weighted by atomic mass is 32.1. The molecular formula is C13H25NOS. The highest BCUT2D eigenvalue weighted by Gasteiger charge is 2.19. The van der Waals surface area contributed by atoms with Gasteiger partial charge in [-0.25, -0.2) is 0 Å². The lowest BCUT2D eigenvalue weighted by atomic mass is 9.84. The van der Waals surface area contributed by atoms with Gasteiger partial charge in [-0.05, 0) is 17.8 Å². The summed E-state index contributed by atoms with van der Waals surface area (Å²) in [6.07, 6.45) is 2.28. The van der Waals surface area contributed by atoms with Crippen LogP contribution in [0, 0.1) is 11.3 Å². The van der Waals surface area contributed by atoms with Gasteiger partial charge in [-0.1, -0.05) is 39.9 Å². The van der Waals surface area contributed by atoms with Gasteiger partial charge in [0.05, 0.1) is 18.2 Å². The van der Waals surface area contributed by atoms with Crippen molar-refractivity contribution in [2.75, 3.05) is 26.3 Å². The monoisotopic (exact) mass is 243 g/mol. The molecule has 2 nitrogen and oxygen atoms in total. The van der Waals surface area contributed by atoms with Gasteiger partial charge in [0.1, 0.15) is 0 Å². The molecule has 0 aromatic rings. The molecule has 1 aliphatic heterocycles. The summed E-state index contributed by atoms with van der Waals surface area (Å²) in [6, 6.07) is 0. The van der Waals surface area contributed by atoms with Crippen LogP contribution in [0.1, 0.15) is 40.5 Å². The molecule has 0 aromatic heterocycles. The van der Waals surface area contributed by atoms with Crippen molar-refractivity contribution in [1.82, 2.24) is 4.90 Å². The Labute approximate surface area is 105 Å². The topological polar surface area (TPSA) is 12.5 Å². The molecule has 1 unspecified atom stereocenters. The third-order valence-electron chi connectivity index (χ3n) is 2.85. The minimum atomic E-state index is 0.403. The molecule has 1 rings (SSSR count). The Kier molecular flexibility index (Phi) is 5.19. The number of thiocarbonyl (C=S) groups is 1. The minimum Gasteiger partial charge on any atom is -0.378 e. The molecule has 3 heteroatoms. The van der Waals surface area contributed by atoms with E-state index in [0.29, 0.717) is 11.3 Å². The fourth-order valence-corrected chi connectivity index (χ4v) is 2.82. The predicted octanol–water partition coefficient (Wildman–Crippen LogP) is 3.11. The van der Waals surface area contributed by atoms with Gasteiger partial charge in [0.2, 0.25) is 0 Å². The summed E-state index contributed by atoms with van der Waals surface area (Å²) in [5, 5.41) is 0. The first kappa shape index (κ1) is 13.9. The molecular weight excluding hydrogens is 218 g/mol. The zero-order valence-electron chi connectivity index (χ0n) is 11.1. The third-order valence-corrected chi connectivity index (χ3v) is 3.27. The zero-order chi connectivity index (χ0) is 12.2. The Bertz CT molecular complexity index is 229. The molecule has 0 radical (unpaired) electrons. The van der Waals surface area contributed by atoms with Gasteiger partial charge in [-0.3, -0.25) is 0 Å². The van der Waals surface area contributed by atoms with Crippen molar-refractivity contribution in [2.45, 2.75) is 40.5 Å². The molecule has 0 N–H and O–H groups in total. The second-order valence-corrected chi connectivity index (χ2v) is 6.54.